The van der Waals surface area contributed by atoms with Crippen molar-refractivity contribution in [3.63, 3.8) is 0 Å². The zero-order valence-corrected chi connectivity index (χ0v) is 17.3. The normalized spacial score (nSPS) is 11.4. The van der Waals surface area contributed by atoms with Crippen molar-refractivity contribution in [3.05, 3.63) is 59.7 Å². The SMILES string of the molecule is Cc1ccc(-c2nc(SCC(=O)c3ccc(N(C)S(C)(=O)=O)cc3)n[nH]2)cc1. The molecule has 0 unspecified atom stereocenters. The van der Waals surface area contributed by atoms with E-state index in [1.165, 1.54) is 18.8 Å². The molecule has 3 rings (SSSR count). The number of sulfonamides is 1. The third-order valence-corrected chi connectivity index (χ3v) is 6.23. The van der Waals surface area contributed by atoms with Gasteiger partial charge in [0.15, 0.2) is 11.6 Å². The van der Waals surface area contributed by atoms with E-state index in [9.17, 15) is 13.2 Å². The molecule has 3 aromatic rings. The summed E-state index contributed by atoms with van der Waals surface area (Å²) in [6.45, 7) is 2.02. The van der Waals surface area contributed by atoms with Crippen molar-refractivity contribution < 1.29 is 13.2 Å². The molecule has 0 aliphatic carbocycles. The number of hydrogen-bond donors (Lipinski definition) is 1. The van der Waals surface area contributed by atoms with Crippen molar-refractivity contribution in [2.75, 3.05) is 23.4 Å². The van der Waals surface area contributed by atoms with Gasteiger partial charge in [-0.2, -0.15) is 0 Å². The molecule has 1 N–H and O–H groups in total. The number of rotatable bonds is 7. The number of H-pyrrole nitrogens is 1. The van der Waals surface area contributed by atoms with Gasteiger partial charge < -0.3 is 0 Å². The average Bonchev–Trinajstić information content (AvgIpc) is 3.14. The monoisotopic (exact) mass is 416 g/mol. The molecular formula is C19H20N4O3S2. The van der Waals surface area contributed by atoms with Gasteiger partial charge in [-0.05, 0) is 31.2 Å². The fourth-order valence-electron chi connectivity index (χ4n) is 2.41. The molecule has 0 fully saturated rings. The van der Waals surface area contributed by atoms with Gasteiger partial charge in [-0.3, -0.25) is 14.2 Å². The van der Waals surface area contributed by atoms with Gasteiger partial charge in [-0.15, -0.1) is 5.10 Å². The Morgan fingerprint density at radius 3 is 2.36 bits per heavy atom. The molecule has 0 aliphatic rings. The molecular weight excluding hydrogens is 396 g/mol. The topological polar surface area (TPSA) is 96.0 Å². The largest absolute Gasteiger partial charge is 0.293 e. The van der Waals surface area contributed by atoms with Crippen LogP contribution in [0.15, 0.2) is 53.7 Å². The average molecular weight is 417 g/mol. The van der Waals surface area contributed by atoms with Crippen LogP contribution in [0.3, 0.4) is 0 Å². The van der Waals surface area contributed by atoms with Crippen LogP contribution in [-0.2, 0) is 10.0 Å². The first-order chi connectivity index (χ1) is 13.2. The molecule has 2 aromatic carbocycles. The lowest BCUT2D eigenvalue weighted by atomic mass is 10.1. The Morgan fingerprint density at radius 2 is 1.75 bits per heavy atom. The first kappa shape index (κ1) is 20.1. The number of aryl methyl sites for hydroxylation is 1. The van der Waals surface area contributed by atoms with Gasteiger partial charge in [0.2, 0.25) is 15.2 Å². The summed E-state index contributed by atoms with van der Waals surface area (Å²) in [5, 5.41) is 7.53. The molecule has 0 radical (unpaired) electrons. The lowest BCUT2D eigenvalue weighted by molar-refractivity contribution is 0.102. The number of nitrogens with zero attached hydrogens (tertiary/aromatic N) is 3. The summed E-state index contributed by atoms with van der Waals surface area (Å²) >= 11 is 1.25. The van der Waals surface area contributed by atoms with Crippen LogP contribution in [0.1, 0.15) is 15.9 Å². The van der Waals surface area contributed by atoms with E-state index in [-0.39, 0.29) is 11.5 Å². The summed E-state index contributed by atoms with van der Waals surface area (Å²) in [6.07, 6.45) is 1.13. The van der Waals surface area contributed by atoms with Crippen LogP contribution in [0.25, 0.3) is 11.4 Å². The van der Waals surface area contributed by atoms with Crippen LogP contribution in [0.2, 0.25) is 0 Å². The highest BCUT2D eigenvalue weighted by Crippen LogP contribution is 2.21. The molecule has 0 bridgehead atoms. The predicted octanol–water partition coefficient (Wildman–Crippen LogP) is 3.15. The minimum atomic E-state index is -3.33. The number of carbonyl (C=O) groups excluding carboxylic acids is 1. The van der Waals surface area contributed by atoms with Crippen LogP contribution in [-0.4, -0.2) is 48.4 Å². The number of ketones is 1. The van der Waals surface area contributed by atoms with E-state index in [4.69, 9.17) is 0 Å². The first-order valence-electron chi connectivity index (χ1n) is 8.43. The molecule has 1 heterocycles. The van der Waals surface area contributed by atoms with Crippen molar-refractivity contribution in [2.24, 2.45) is 0 Å². The maximum atomic E-state index is 12.4. The Kier molecular flexibility index (Phi) is 5.85. The molecule has 0 amide bonds. The molecule has 28 heavy (non-hydrogen) atoms. The van der Waals surface area contributed by atoms with Crippen LogP contribution in [0.4, 0.5) is 5.69 Å². The summed E-state index contributed by atoms with van der Waals surface area (Å²) in [6, 6.07) is 14.4. The predicted molar refractivity (Wildman–Crippen MR) is 111 cm³/mol. The van der Waals surface area contributed by atoms with Gasteiger partial charge in [0.05, 0.1) is 17.7 Å². The second-order valence-corrected chi connectivity index (χ2v) is 9.28. The van der Waals surface area contributed by atoms with Gasteiger partial charge in [-0.1, -0.05) is 41.6 Å². The second kappa shape index (κ2) is 8.15. The van der Waals surface area contributed by atoms with Crippen molar-refractivity contribution in [1.82, 2.24) is 15.2 Å². The summed E-state index contributed by atoms with van der Waals surface area (Å²) in [5.41, 5.74) is 3.11. The fourth-order valence-corrected chi connectivity index (χ4v) is 3.61. The minimum Gasteiger partial charge on any atom is -0.293 e. The van der Waals surface area contributed by atoms with E-state index in [0.717, 1.165) is 21.7 Å². The number of aromatic amines is 1. The van der Waals surface area contributed by atoms with E-state index in [1.807, 2.05) is 31.2 Å². The van der Waals surface area contributed by atoms with E-state index in [1.54, 1.807) is 24.3 Å². The molecule has 0 spiro atoms. The van der Waals surface area contributed by atoms with Crippen LogP contribution in [0.5, 0.6) is 0 Å². The highest BCUT2D eigenvalue weighted by Gasteiger charge is 2.14. The molecule has 0 aliphatic heterocycles. The van der Waals surface area contributed by atoms with E-state index >= 15 is 0 Å². The van der Waals surface area contributed by atoms with Crippen molar-refractivity contribution in [2.45, 2.75) is 12.1 Å². The highest BCUT2D eigenvalue weighted by molar-refractivity contribution is 7.99. The molecule has 0 atom stereocenters. The fraction of sp³-hybridized carbons (Fsp3) is 0.211. The number of anilines is 1. The number of thioether (sulfide) groups is 1. The Labute approximate surface area is 168 Å². The van der Waals surface area contributed by atoms with Crippen molar-refractivity contribution >= 4 is 33.3 Å². The van der Waals surface area contributed by atoms with Crippen LogP contribution >= 0.6 is 11.8 Å². The lowest BCUT2D eigenvalue weighted by Crippen LogP contribution is -2.24. The standard InChI is InChI=1S/C19H20N4O3S2/c1-13-4-6-15(7-5-13)18-20-19(22-21-18)27-12-17(24)14-8-10-16(11-9-14)23(2)28(3,25)26/h4-11H,12H2,1-3H3,(H,20,21,22). The Hall–Kier alpha value is -2.65. The number of nitrogens with one attached hydrogen (secondary N) is 1. The Morgan fingerprint density at radius 1 is 1.11 bits per heavy atom. The number of carbonyl (C=O) groups is 1. The molecule has 0 saturated heterocycles. The number of Topliss-reactive ketones (excluding diaryl/α,β-unsaturated/α-hetero) is 1. The third kappa shape index (κ3) is 4.79. The summed E-state index contributed by atoms with van der Waals surface area (Å²) in [4.78, 5) is 16.8. The van der Waals surface area contributed by atoms with Crippen LogP contribution in [0, 0.1) is 6.92 Å². The van der Waals surface area contributed by atoms with Gasteiger partial charge in [0.1, 0.15) is 0 Å². The quantitative estimate of drug-likeness (QED) is 0.469. The summed E-state index contributed by atoms with van der Waals surface area (Å²) in [7, 11) is -1.86. The number of hydrogen-bond acceptors (Lipinski definition) is 6. The smallest absolute Gasteiger partial charge is 0.231 e. The molecule has 146 valence electrons. The molecule has 0 saturated carbocycles. The first-order valence-corrected chi connectivity index (χ1v) is 11.3. The highest BCUT2D eigenvalue weighted by atomic mass is 32.2. The van der Waals surface area contributed by atoms with Gasteiger partial charge >= 0.3 is 0 Å². The minimum absolute atomic E-state index is 0.0831. The third-order valence-electron chi connectivity index (χ3n) is 4.17. The summed E-state index contributed by atoms with van der Waals surface area (Å²) < 4.78 is 24.3. The number of benzene rings is 2. The van der Waals surface area contributed by atoms with E-state index < -0.39 is 10.0 Å². The van der Waals surface area contributed by atoms with Gasteiger partial charge in [-0.25, -0.2) is 13.4 Å². The van der Waals surface area contributed by atoms with E-state index in [0.29, 0.717) is 22.2 Å². The van der Waals surface area contributed by atoms with E-state index in [2.05, 4.69) is 15.2 Å². The molecule has 9 heteroatoms. The van der Waals surface area contributed by atoms with Crippen molar-refractivity contribution in [3.8, 4) is 11.4 Å². The Bertz CT molecular complexity index is 1080. The van der Waals surface area contributed by atoms with Gasteiger partial charge in [0, 0.05) is 18.2 Å². The maximum absolute atomic E-state index is 12.4. The zero-order valence-electron chi connectivity index (χ0n) is 15.7. The second-order valence-electron chi connectivity index (χ2n) is 6.32. The van der Waals surface area contributed by atoms with Crippen LogP contribution < -0.4 is 4.31 Å². The summed E-state index contributed by atoms with van der Waals surface area (Å²) in [5.74, 6) is 0.760. The molecule has 7 nitrogen and oxygen atoms in total. The maximum Gasteiger partial charge on any atom is 0.231 e. The van der Waals surface area contributed by atoms with Gasteiger partial charge in [0.25, 0.3) is 0 Å². The lowest BCUT2D eigenvalue weighted by Gasteiger charge is -2.16. The zero-order chi connectivity index (χ0) is 20.3. The number of aromatic nitrogens is 3. The van der Waals surface area contributed by atoms with Crippen molar-refractivity contribution in [1.29, 1.82) is 0 Å². The molecule has 1 aromatic heterocycles. The Balaban J connectivity index is 1.62.